The number of ether oxygens (including phenoxy) is 1. The van der Waals surface area contributed by atoms with Gasteiger partial charge in [-0.15, -0.1) is 0 Å². The summed E-state index contributed by atoms with van der Waals surface area (Å²) >= 11 is 5.97. The smallest absolute Gasteiger partial charge is 0.197 e. The Kier molecular flexibility index (Phi) is 4.23. The van der Waals surface area contributed by atoms with Gasteiger partial charge in [-0.05, 0) is 30.2 Å². The highest BCUT2D eigenvalue weighted by atomic mass is 35.5. The number of methoxy groups -OCH3 is 1. The lowest BCUT2D eigenvalue weighted by atomic mass is 9.96. The monoisotopic (exact) mass is 274 g/mol. The van der Waals surface area contributed by atoms with Crippen molar-refractivity contribution in [1.29, 1.82) is 0 Å². The number of halogens is 1. The Morgan fingerprint density at radius 1 is 1.16 bits per heavy atom. The van der Waals surface area contributed by atoms with Crippen LogP contribution in [0, 0.1) is 0 Å². The van der Waals surface area contributed by atoms with Crippen molar-refractivity contribution in [3.8, 4) is 5.75 Å². The Morgan fingerprint density at radius 2 is 1.89 bits per heavy atom. The van der Waals surface area contributed by atoms with E-state index in [4.69, 9.17) is 16.3 Å². The first-order chi connectivity index (χ1) is 9.17. The lowest BCUT2D eigenvalue weighted by Crippen LogP contribution is -2.07. The van der Waals surface area contributed by atoms with Crippen LogP contribution in [0.3, 0.4) is 0 Å². The van der Waals surface area contributed by atoms with Gasteiger partial charge >= 0.3 is 0 Å². The molecule has 0 aliphatic rings. The van der Waals surface area contributed by atoms with E-state index >= 15 is 0 Å². The van der Waals surface area contributed by atoms with E-state index in [1.165, 1.54) is 0 Å². The van der Waals surface area contributed by atoms with Gasteiger partial charge in [0.1, 0.15) is 5.75 Å². The summed E-state index contributed by atoms with van der Waals surface area (Å²) in [6.45, 7) is 2.03. The Morgan fingerprint density at radius 3 is 2.58 bits per heavy atom. The summed E-state index contributed by atoms with van der Waals surface area (Å²) in [5.41, 5.74) is 2.22. The summed E-state index contributed by atoms with van der Waals surface area (Å²) in [4.78, 5) is 12.6. The van der Waals surface area contributed by atoms with Crippen molar-refractivity contribution in [3.63, 3.8) is 0 Å². The van der Waals surface area contributed by atoms with Crippen molar-refractivity contribution in [3.05, 3.63) is 64.2 Å². The Balaban J connectivity index is 2.52. The Labute approximate surface area is 118 Å². The summed E-state index contributed by atoms with van der Waals surface area (Å²) in [6, 6.07) is 12.7. The SMILES string of the molecule is CCc1ccccc1C(=O)c1cc(Cl)ccc1OC. The van der Waals surface area contributed by atoms with Crippen molar-refractivity contribution < 1.29 is 9.53 Å². The number of carbonyl (C=O) groups is 1. The van der Waals surface area contributed by atoms with Gasteiger partial charge in [-0.2, -0.15) is 0 Å². The average molecular weight is 275 g/mol. The largest absolute Gasteiger partial charge is 0.496 e. The van der Waals surface area contributed by atoms with Gasteiger partial charge in [0.2, 0.25) is 0 Å². The van der Waals surface area contributed by atoms with E-state index in [0.717, 1.165) is 12.0 Å². The molecule has 0 amide bonds. The average Bonchev–Trinajstić information content (AvgIpc) is 2.46. The van der Waals surface area contributed by atoms with Gasteiger partial charge in [0.15, 0.2) is 5.78 Å². The molecule has 0 spiro atoms. The molecule has 0 aromatic heterocycles. The molecule has 0 aliphatic heterocycles. The molecule has 0 radical (unpaired) electrons. The molecule has 19 heavy (non-hydrogen) atoms. The van der Waals surface area contributed by atoms with E-state index in [1.54, 1.807) is 25.3 Å². The fourth-order valence-electron chi connectivity index (χ4n) is 2.05. The molecule has 98 valence electrons. The van der Waals surface area contributed by atoms with Crippen molar-refractivity contribution in [2.75, 3.05) is 7.11 Å². The second-order valence-electron chi connectivity index (χ2n) is 4.18. The second kappa shape index (κ2) is 5.89. The van der Waals surface area contributed by atoms with Crippen molar-refractivity contribution in [2.24, 2.45) is 0 Å². The van der Waals surface area contributed by atoms with Crippen molar-refractivity contribution >= 4 is 17.4 Å². The van der Waals surface area contributed by atoms with Crippen LogP contribution in [-0.2, 0) is 6.42 Å². The first-order valence-corrected chi connectivity index (χ1v) is 6.51. The molecule has 0 atom stereocenters. The quantitative estimate of drug-likeness (QED) is 0.783. The Bertz CT molecular complexity index is 605. The molecule has 3 heteroatoms. The van der Waals surface area contributed by atoms with Gasteiger partial charge in [-0.25, -0.2) is 0 Å². The van der Waals surface area contributed by atoms with Crippen LogP contribution in [-0.4, -0.2) is 12.9 Å². The predicted octanol–water partition coefficient (Wildman–Crippen LogP) is 4.14. The summed E-state index contributed by atoms with van der Waals surface area (Å²) < 4.78 is 5.24. The molecule has 2 nitrogen and oxygen atoms in total. The third-order valence-electron chi connectivity index (χ3n) is 3.05. The van der Waals surface area contributed by atoms with Crippen LogP contribution in [0.2, 0.25) is 5.02 Å². The third-order valence-corrected chi connectivity index (χ3v) is 3.28. The Hall–Kier alpha value is -1.80. The third kappa shape index (κ3) is 2.79. The van der Waals surface area contributed by atoms with E-state index in [9.17, 15) is 4.79 Å². The lowest BCUT2D eigenvalue weighted by molar-refractivity contribution is 0.103. The van der Waals surface area contributed by atoms with E-state index in [2.05, 4.69) is 0 Å². The van der Waals surface area contributed by atoms with Crippen molar-refractivity contribution in [1.82, 2.24) is 0 Å². The molecule has 0 fully saturated rings. The van der Waals surface area contributed by atoms with E-state index in [1.807, 2.05) is 31.2 Å². The van der Waals surface area contributed by atoms with E-state index in [-0.39, 0.29) is 5.78 Å². The molecular formula is C16H15ClO2. The minimum atomic E-state index is -0.0585. The van der Waals surface area contributed by atoms with E-state index < -0.39 is 0 Å². The summed E-state index contributed by atoms with van der Waals surface area (Å²) in [5.74, 6) is 0.483. The van der Waals surface area contributed by atoms with Crippen LogP contribution >= 0.6 is 11.6 Å². The number of benzene rings is 2. The van der Waals surface area contributed by atoms with E-state index in [0.29, 0.717) is 21.9 Å². The van der Waals surface area contributed by atoms with Crippen LogP contribution in [0.1, 0.15) is 28.4 Å². The number of hydrogen-bond donors (Lipinski definition) is 0. The number of rotatable bonds is 4. The fourth-order valence-corrected chi connectivity index (χ4v) is 2.22. The van der Waals surface area contributed by atoms with Crippen LogP contribution in [0.4, 0.5) is 0 Å². The highest BCUT2D eigenvalue weighted by molar-refractivity contribution is 6.31. The molecule has 0 saturated carbocycles. The minimum Gasteiger partial charge on any atom is -0.496 e. The lowest BCUT2D eigenvalue weighted by Gasteiger charge is -2.10. The van der Waals surface area contributed by atoms with Crippen LogP contribution < -0.4 is 4.74 Å². The fraction of sp³-hybridized carbons (Fsp3) is 0.188. The number of ketones is 1. The zero-order valence-electron chi connectivity index (χ0n) is 10.9. The number of aryl methyl sites for hydroxylation is 1. The molecule has 2 aromatic rings. The molecule has 0 saturated heterocycles. The van der Waals surface area contributed by atoms with Gasteiger partial charge in [0.05, 0.1) is 12.7 Å². The zero-order valence-corrected chi connectivity index (χ0v) is 11.7. The highest BCUT2D eigenvalue weighted by Crippen LogP contribution is 2.26. The second-order valence-corrected chi connectivity index (χ2v) is 4.62. The maximum Gasteiger partial charge on any atom is 0.197 e. The van der Waals surface area contributed by atoms with Crippen LogP contribution in [0.15, 0.2) is 42.5 Å². The molecular weight excluding hydrogens is 260 g/mol. The minimum absolute atomic E-state index is 0.0585. The van der Waals surface area contributed by atoms with Crippen LogP contribution in [0.25, 0.3) is 0 Å². The van der Waals surface area contributed by atoms with Gasteiger partial charge in [-0.1, -0.05) is 42.8 Å². The van der Waals surface area contributed by atoms with Gasteiger partial charge in [0, 0.05) is 10.6 Å². The predicted molar refractivity (Wildman–Crippen MR) is 77.3 cm³/mol. The summed E-state index contributed by atoms with van der Waals surface area (Å²) in [7, 11) is 1.55. The summed E-state index contributed by atoms with van der Waals surface area (Å²) in [6.07, 6.45) is 0.810. The maximum absolute atomic E-state index is 12.6. The molecule has 0 heterocycles. The molecule has 0 bridgehead atoms. The molecule has 2 rings (SSSR count). The van der Waals surface area contributed by atoms with Gasteiger partial charge < -0.3 is 4.74 Å². The topological polar surface area (TPSA) is 26.3 Å². The normalized spacial score (nSPS) is 10.3. The zero-order chi connectivity index (χ0) is 13.8. The molecule has 0 unspecified atom stereocenters. The maximum atomic E-state index is 12.6. The standard InChI is InChI=1S/C16H15ClO2/c1-3-11-6-4-5-7-13(11)16(18)14-10-12(17)8-9-15(14)19-2/h4-10H,3H2,1-2H3. The number of carbonyl (C=O) groups excluding carboxylic acids is 1. The molecule has 0 aliphatic carbocycles. The van der Waals surface area contributed by atoms with Gasteiger partial charge in [-0.3, -0.25) is 4.79 Å². The number of hydrogen-bond acceptors (Lipinski definition) is 2. The van der Waals surface area contributed by atoms with Crippen LogP contribution in [0.5, 0.6) is 5.75 Å². The molecule has 0 N–H and O–H groups in total. The molecule has 2 aromatic carbocycles. The first-order valence-electron chi connectivity index (χ1n) is 6.13. The highest BCUT2D eigenvalue weighted by Gasteiger charge is 2.17. The van der Waals surface area contributed by atoms with Gasteiger partial charge in [0.25, 0.3) is 0 Å². The van der Waals surface area contributed by atoms with Crippen molar-refractivity contribution in [2.45, 2.75) is 13.3 Å². The first kappa shape index (κ1) is 13.6. The summed E-state index contributed by atoms with van der Waals surface area (Å²) in [5, 5.41) is 0.526.